The minimum atomic E-state index is -0.683. The van der Waals surface area contributed by atoms with E-state index in [4.69, 9.17) is 18.9 Å². The Balaban J connectivity index is 1.67. The van der Waals surface area contributed by atoms with Crippen molar-refractivity contribution >= 4 is 5.91 Å². The third kappa shape index (κ3) is 3.63. The predicted octanol–water partition coefficient (Wildman–Crippen LogP) is 2.72. The summed E-state index contributed by atoms with van der Waals surface area (Å²) in [4.78, 5) is 12.5. The Hall–Kier alpha value is -2.89. The van der Waals surface area contributed by atoms with Crippen molar-refractivity contribution in [2.24, 2.45) is 0 Å². The van der Waals surface area contributed by atoms with Gasteiger partial charge in [0.15, 0.2) is 23.0 Å². The molecule has 132 valence electrons. The lowest BCUT2D eigenvalue weighted by atomic mass is 10.1. The lowest BCUT2D eigenvalue weighted by Gasteiger charge is -2.27. The summed E-state index contributed by atoms with van der Waals surface area (Å²) in [6.45, 7) is 2.08. The van der Waals surface area contributed by atoms with Crippen LogP contribution in [0.15, 0.2) is 42.5 Å². The van der Waals surface area contributed by atoms with E-state index in [9.17, 15) is 4.79 Å². The number of para-hydroxylation sites is 2. The zero-order chi connectivity index (χ0) is 17.8. The Morgan fingerprint density at radius 2 is 1.84 bits per heavy atom. The average Bonchev–Trinajstić information content (AvgIpc) is 2.66. The van der Waals surface area contributed by atoms with Gasteiger partial charge in [0.05, 0.1) is 20.3 Å². The largest absolute Gasteiger partial charge is 0.493 e. The molecule has 0 saturated heterocycles. The zero-order valence-corrected chi connectivity index (χ0v) is 14.4. The van der Waals surface area contributed by atoms with Crippen LogP contribution in [-0.2, 0) is 4.79 Å². The van der Waals surface area contributed by atoms with Crippen LogP contribution in [0.3, 0.4) is 0 Å². The van der Waals surface area contributed by atoms with Crippen molar-refractivity contribution < 1.29 is 23.7 Å². The topological polar surface area (TPSA) is 66.0 Å². The second-order valence-electron chi connectivity index (χ2n) is 5.71. The van der Waals surface area contributed by atoms with Crippen LogP contribution < -0.4 is 24.3 Å². The third-order valence-electron chi connectivity index (χ3n) is 4.07. The number of amides is 1. The second-order valence-corrected chi connectivity index (χ2v) is 5.71. The first-order chi connectivity index (χ1) is 12.1. The maximum absolute atomic E-state index is 12.5. The van der Waals surface area contributed by atoms with E-state index in [-0.39, 0.29) is 18.6 Å². The van der Waals surface area contributed by atoms with Crippen molar-refractivity contribution in [2.75, 3.05) is 20.8 Å². The molecular formula is C19H21NO5. The van der Waals surface area contributed by atoms with E-state index in [0.717, 1.165) is 5.56 Å². The van der Waals surface area contributed by atoms with Gasteiger partial charge in [0.1, 0.15) is 6.61 Å². The minimum Gasteiger partial charge on any atom is -0.493 e. The van der Waals surface area contributed by atoms with Crippen LogP contribution in [0.5, 0.6) is 23.0 Å². The number of fused-ring (bicyclic) bond motifs is 1. The molecule has 1 heterocycles. The first-order valence-electron chi connectivity index (χ1n) is 8.03. The van der Waals surface area contributed by atoms with Gasteiger partial charge >= 0.3 is 0 Å². The van der Waals surface area contributed by atoms with Crippen molar-refractivity contribution in [3.8, 4) is 23.0 Å². The van der Waals surface area contributed by atoms with E-state index in [0.29, 0.717) is 23.0 Å². The highest BCUT2D eigenvalue weighted by Gasteiger charge is 2.28. The second kappa shape index (κ2) is 7.34. The van der Waals surface area contributed by atoms with E-state index in [1.807, 2.05) is 43.3 Å². The first kappa shape index (κ1) is 17.0. The number of hydrogen-bond donors (Lipinski definition) is 1. The molecule has 6 nitrogen and oxygen atoms in total. The molecule has 1 aliphatic heterocycles. The first-order valence-corrected chi connectivity index (χ1v) is 8.03. The lowest BCUT2D eigenvalue weighted by Crippen LogP contribution is -2.44. The quantitative estimate of drug-likeness (QED) is 0.904. The number of carbonyl (C=O) groups is 1. The van der Waals surface area contributed by atoms with Crippen LogP contribution in [0, 0.1) is 0 Å². The summed E-state index contributed by atoms with van der Waals surface area (Å²) in [6, 6.07) is 12.6. The molecule has 0 bridgehead atoms. The Kier molecular flexibility index (Phi) is 4.97. The number of ether oxygens (including phenoxy) is 4. The van der Waals surface area contributed by atoms with Crippen LogP contribution in [-0.4, -0.2) is 32.8 Å². The fourth-order valence-corrected chi connectivity index (χ4v) is 2.66. The molecule has 0 unspecified atom stereocenters. The lowest BCUT2D eigenvalue weighted by molar-refractivity contribution is -0.131. The molecule has 0 fully saturated rings. The van der Waals surface area contributed by atoms with Gasteiger partial charge in [0.25, 0.3) is 5.91 Å². The molecule has 0 radical (unpaired) electrons. The summed E-state index contributed by atoms with van der Waals surface area (Å²) < 4.78 is 21.9. The van der Waals surface area contributed by atoms with Gasteiger partial charge < -0.3 is 24.3 Å². The predicted molar refractivity (Wildman–Crippen MR) is 92.5 cm³/mol. The van der Waals surface area contributed by atoms with Crippen molar-refractivity contribution in [1.82, 2.24) is 5.32 Å². The van der Waals surface area contributed by atoms with Crippen molar-refractivity contribution in [2.45, 2.75) is 19.1 Å². The highest BCUT2D eigenvalue weighted by molar-refractivity contribution is 5.82. The number of benzene rings is 2. The molecule has 3 rings (SSSR count). The van der Waals surface area contributed by atoms with Gasteiger partial charge in [-0.15, -0.1) is 0 Å². The van der Waals surface area contributed by atoms with Crippen molar-refractivity contribution in [3.05, 3.63) is 48.0 Å². The normalized spacial score (nSPS) is 16.7. The Labute approximate surface area is 146 Å². The van der Waals surface area contributed by atoms with Gasteiger partial charge in [-0.1, -0.05) is 18.2 Å². The molecule has 1 aliphatic rings. The summed E-state index contributed by atoms with van der Waals surface area (Å²) in [7, 11) is 3.16. The highest BCUT2D eigenvalue weighted by atomic mass is 16.6. The molecule has 1 N–H and O–H groups in total. The molecule has 0 saturated carbocycles. The maximum Gasteiger partial charge on any atom is 0.265 e. The van der Waals surface area contributed by atoms with E-state index >= 15 is 0 Å². The van der Waals surface area contributed by atoms with E-state index in [1.54, 1.807) is 20.3 Å². The summed E-state index contributed by atoms with van der Waals surface area (Å²) in [5.41, 5.74) is 0.906. The third-order valence-corrected chi connectivity index (χ3v) is 4.07. The Bertz CT molecular complexity index is 761. The summed E-state index contributed by atoms with van der Waals surface area (Å²) in [6.07, 6.45) is -0.683. The molecule has 1 amide bonds. The van der Waals surface area contributed by atoms with Gasteiger partial charge in [-0.2, -0.15) is 0 Å². The summed E-state index contributed by atoms with van der Waals surface area (Å²) >= 11 is 0. The number of methoxy groups -OCH3 is 2. The Morgan fingerprint density at radius 1 is 1.12 bits per heavy atom. The minimum absolute atomic E-state index is 0.182. The molecule has 2 atom stereocenters. The number of nitrogens with one attached hydrogen (secondary N) is 1. The van der Waals surface area contributed by atoms with Crippen LogP contribution in [0.1, 0.15) is 18.5 Å². The van der Waals surface area contributed by atoms with E-state index in [2.05, 4.69) is 5.32 Å². The average molecular weight is 343 g/mol. The van der Waals surface area contributed by atoms with Gasteiger partial charge in [0.2, 0.25) is 6.10 Å². The van der Waals surface area contributed by atoms with Crippen molar-refractivity contribution in [1.29, 1.82) is 0 Å². The van der Waals surface area contributed by atoms with Gasteiger partial charge in [-0.25, -0.2) is 0 Å². The fraction of sp³-hybridized carbons (Fsp3) is 0.316. The van der Waals surface area contributed by atoms with Crippen LogP contribution in [0.4, 0.5) is 0 Å². The number of carbonyl (C=O) groups excluding carboxylic acids is 1. The standard InChI is InChI=1S/C19H21NO5/c1-12(13-8-9-14(22-2)17(10-13)23-3)20-19(21)18-11-24-15-6-4-5-7-16(15)25-18/h4-10,12,18H,11H2,1-3H3,(H,20,21)/t12-,18+/m0/s1. The molecule has 0 aliphatic carbocycles. The molecule has 25 heavy (non-hydrogen) atoms. The van der Waals surface area contributed by atoms with E-state index in [1.165, 1.54) is 0 Å². The monoisotopic (exact) mass is 343 g/mol. The number of hydrogen-bond acceptors (Lipinski definition) is 5. The zero-order valence-electron chi connectivity index (χ0n) is 14.4. The molecule has 6 heteroatoms. The molecule has 2 aromatic carbocycles. The molecule has 2 aromatic rings. The summed E-state index contributed by atoms with van der Waals surface area (Å²) in [5.74, 6) is 2.27. The van der Waals surface area contributed by atoms with Crippen LogP contribution in [0.2, 0.25) is 0 Å². The van der Waals surface area contributed by atoms with Gasteiger partial charge in [-0.3, -0.25) is 4.79 Å². The molecule has 0 aromatic heterocycles. The van der Waals surface area contributed by atoms with Crippen LogP contribution in [0.25, 0.3) is 0 Å². The van der Waals surface area contributed by atoms with E-state index < -0.39 is 6.10 Å². The fourth-order valence-electron chi connectivity index (χ4n) is 2.66. The molecular weight excluding hydrogens is 322 g/mol. The van der Waals surface area contributed by atoms with Crippen LogP contribution >= 0.6 is 0 Å². The summed E-state index contributed by atoms with van der Waals surface area (Å²) in [5, 5.41) is 2.95. The van der Waals surface area contributed by atoms with Crippen molar-refractivity contribution in [3.63, 3.8) is 0 Å². The van der Waals surface area contributed by atoms with Gasteiger partial charge in [-0.05, 0) is 36.8 Å². The Morgan fingerprint density at radius 3 is 2.56 bits per heavy atom. The number of rotatable bonds is 5. The van der Waals surface area contributed by atoms with Gasteiger partial charge in [0, 0.05) is 0 Å². The maximum atomic E-state index is 12.5. The SMILES string of the molecule is COc1ccc([C@H](C)NC(=O)[C@H]2COc3ccccc3O2)cc1OC. The molecule has 0 spiro atoms. The smallest absolute Gasteiger partial charge is 0.265 e. The highest BCUT2D eigenvalue weighted by Crippen LogP contribution is 2.32.